The molecule has 0 saturated heterocycles. The number of anilines is 1. The summed E-state index contributed by atoms with van der Waals surface area (Å²) in [5.41, 5.74) is 2.95. The van der Waals surface area contributed by atoms with Gasteiger partial charge in [0.05, 0.1) is 17.1 Å². The lowest BCUT2D eigenvalue weighted by Crippen LogP contribution is -3.00. The summed E-state index contributed by atoms with van der Waals surface area (Å²) in [4.78, 5) is 0.296. The van der Waals surface area contributed by atoms with Gasteiger partial charge in [-0.05, 0) is 31.9 Å². The smallest absolute Gasteiger partial charge is 0.268 e. The van der Waals surface area contributed by atoms with Gasteiger partial charge in [-0.2, -0.15) is 5.10 Å². The maximum absolute atomic E-state index is 12.8. The zero-order valence-electron chi connectivity index (χ0n) is 11.2. The second-order valence-electron chi connectivity index (χ2n) is 4.72. The Morgan fingerprint density at radius 3 is 2.60 bits per heavy atom. The van der Waals surface area contributed by atoms with Crippen molar-refractivity contribution in [1.82, 2.24) is 10.2 Å². The second-order valence-corrected chi connectivity index (χ2v) is 6.52. The van der Waals surface area contributed by atoms with E-state index in [1.54, 1.807) is 13.8 Å². The Hall–Kier alpha value is -1.53. The number of aromatic amines is 1. The molecule has 20 heavy (non-hydrogen) atoms. The first kappa shape index (κ1) is 14.9. The van der Waals surface area contributed by atoms with Gasteiger partial charge in [0.2, 0.25) is 0 Å². The van der Waals surface area contributed by atoms with Crippen LogP contribution < -0.4 is 16.7 Å². The SMILES string of the molecule is Cc1n[nH]c(C)c1S(=O)(=O)N1CCc2ccccc21.[Cl-]. The van der Waals surface area contributed by atoms with Crippen LogP contribution in [0.5, 0.6) is 0 Å². The highest BCUT2D eigenvalue weighted by molar-refractivity contribution is 7.93. The summed E-state index contributed by atoms with van der Waals surface area (Å²) in [7, 11) is -3.53. The molecule has 5 nitrogen and oxygen atoms in total. The lowest BCUT2D eigenvalue weighted by atomic mass is 10.2. The van der Waals surface area contributed by atoms with Gasteiger partial charge in [-0.15, -0.1) is 0 Å². The number of nitrogens with zero attached hydrogens (tertiary/aromatic N) is 2. The fraction of sp³-hybridized carbons (Fsp3) is 0.308. The van der Waals surface area contributed by atoms with E-state index >= 15 is 0 Å². The molecular formula is C13H15ClN3O2S-. The number of fused-ring (bicyclic) bond motifs is 1. The molecule has 2 heterocycles. The lowest BCUT2D eigenvalue weighted by molar-refractivity contribution is -0.00000657. The molecule has 0 spiro atoms. The molecule has 0 saturated carbocycles. The zero-order chi connectivity index (χ0) is 13.6. The molecule has 0 fully saturated rings. The van der Waals surface area contributed by atoms with Gasteiger partial charge < -0.3 is 12.4 Å². The number of hydrogen-bond donors (Lipinski definition) is 1. The minimum absolute atomic E-state index is 0. The molecule has 1 aliphatic rings. The topological polar surface area (TPSA) is 66.1 Å². The number of H-pyrrole nitrogens is 1. The Balaban J connectivity index is 0.00000147. The summed E-state index contributed by atoms with van der Waals surface area (Å²) in [6.07, 6.45) is 0.755. The van der Waals surface area contributed by atoms with E-state index in [4.69, 9.17) is 0 Å². The largest absolute Gasteiger partial charge is 1.00 e. The molecule has 1 aromatic carbocycles. The molecule has 3 rings (SSSR count). The van der Waals surface area contributed by atoms with Crippen LogP contribution in [0, 0.1) is 13.8 Å². The summed E-state index contributed by atoms with van der Waals surface area (Å²) < 4.78 is 27.0. The molecule has 108 valence electrons. The number of para-hydroxylation sites is 1. The fourth-order valence-corrected chi connectivity index (χ4v) is 4.43. The maximum Gasteiger partial charge on any atom is 0.268 e. The highest BCUT2D eigenvalue weighted by atomic mass is 35.5. The molecule has 7 heteroatoms. The van der Waals surface area contributed by atoms with E-state index in [1.165, 1.54) is 4.31 Å². The average molecular weight is 313 g/mol. The number of aryl methyl sites for hydroxylation is 2. The molecule has 0 aliphatic carbocycles. The Bertz CT molecular complexity index is 720. The number of rotatable bonds is 2. The highest BCUT2D eigenvalue weighted by Crippen LogP contribution is 2.33. The predicted molar refractivity (Wildman–Crippen MR) is 72.7 cm³/mol. The van der Waals surface area contributed by atoms with Crippen molar-refractivity contribution in [2.75, 3.05) is 10.8 Å². The van der Waals surface area contributed by atoms with Gasteiger partial charge in [-0.3, -0.25) is 9.40 Å². The summed E-state index contributed by atoms with van der Waals surface area (Å²) in [6, 6.07) is 7.62. The fourth-order valence-electron chi connectivity index (χ4n) is 2.59. The predicted octanol–water partition coefficient (Wildman–Crippen LogP) is -1.22. The van der Waals surface area contributed by atoms with Gasteiger partial charge in [0.1, 0.15) is 4.90 Å². The molecule has 1 N–H and O–H groups in total. The van der Waals surface area contributed by atoms with Gasteiger partial charge in [0.15, 0.2) is 0 Å². The van der Waals surface area contributed by atoms with Crippen LogP contribution >= 0.6 is 0 Å². The first-order valence-electron chi connectivity index (χ1n) is 6.14. The number of hydrogen-bond acceptors (Lipinski definition) is 3. The Morgan fingerprint density at radius 2 is 1.95 bits per heavy atom. The molecule has 0 radical (unpaired) electrons. The normalized spacial score (nSPS) is 14.0. The van der Waals surface area contributed by atoms with Crippen molar-refractivity contribution in [3.05, 3.63) is 41.2 Å². The second kappa shape index (κ2) is 5.10. The van der Waals surface area contributed by atoms with Gasteiger partial charge >= 0.3 is 0 Å². The minimum Gasteiger partial charge on any atom is -1.00 e. The van der Waals surface area contributed by atoms with Crippen LogP contribution in [-0.4, -0.2) is 25.2 Å². The van der Waals surface area contributed by atoms with Crippen LogP contribution in [0.4, 0.5) is 5.69 Å². The third-order valence-corrected chi connectivity index (χ3v) is 5.53. The number of nitrogens with one attached hydrogen (secondary N) is 1. The lowest BCUT2D eigenvalue weighted by Gasteiger charge is -2.19. The molecule has 1 aliphatic heterocycles. The van der Waals surface area contributed by atoms with Crippen molar-refractivity contribution in [3.63, 3.8) is 0 Å². The van der Waals surface area contributed by atoms with E-state index in [2.05, 4.69) is 10.2 Å². The van der Waals surface area contributed by atoms with Gasteiger partial charge in [-0.25, -0.2) is 8.42 Å². The van der Waals surface area contributed by atoms with Crippen LogP contribution in [0.25, 0.3) is 0 Å². The van der Waals surface area contributed by atoms with E-state index in [0.717, 1.165) is 17.7 Å². The minimum atomic E-state index is -3.53. The van der Waals surface area contributed by atoms with Crippen molar-refractivity contribution < 1.29 is 20.8 Å². The zero-order valence-corrected chi connectivity index (χ0v) is 12.8. The van der Waals surface area contributed by atoms with Crippen molar-refractivity contribution in [1.29, 1.82) is 0 Å². The van der Waals surface area contributed by atoms with Crippen LogP contribution in [0.2, 0.25) is 0 Å². The molecule has 0 atom stereocenters. The Kier molecular flexibility index (Phi) is 3.80. The van der Waals surface area contributed by atoms with Crippen molar-refractivity contribution in [2.45, 2.75) is 25.2 Å². The van der Waals surface area contributed by atoms with Crippen LogP contribution in [0.3, 0.4) is 0 Å². The van der Waals surface area contributed by atoms with Gasteiger partial charge in [0.25, 0.3) is 10.0 Å². The van der Waals surface area contributed by atoms with E-state index in [9.17, 15) is 8.42 Å². The summed E-state index contributed by atoms with van der Waals surface area (Å²) in [5.74, 6) is 0. The van der Waals surface area contributed by atoms with Crippen LogP contribution in [-0.2, 0) is 16.4 Å². The standard InChI is InChI=1S/C13H15N3O2S.ClH/c1-9-13(10(2)15-14-9)19(17,18)16-8-7-11-5-3-4-6-12(11)16;/h3-6H,7-8H2,1-2H3,(H,14,15);1H/p-1. The highest BCUT2D eigenvalue weighted by Gasteiger charge is 2.33. The Morgan fingerprint density at radius 1 is 1.25 bits per heavy atom. The van der Waals surface area contributed by atoms with Crippen molar-refractivity contribution in [3.8, 4) is 0 Å². The quantitative estimate of drug-likeness (QED) is 0.756. The number of halogens is 1. The molecule has 1 aromatic heterocycles. The van der Waals surface area contributed by atoms with E-state index in [0.29, 0.717) is 22.8 Å². The number of sulfonamides is 1. The first-order chi connectivity index (χ1) is 9.01. The number of aromatic nitrogens is 2. The van der Waals surface area contributed by atoms with Crippen molar-refractivity contribution in [2.24, 2.45) is 0 Å². The van der Waals surface area contributed by atoms with Gasteiger partial charge in [-0.1, -0.05) is 18.2 Å². The number of benzene rings is 1. The third kappa shape index (κ3) is 2.09. The van der Waals surface area contributed by atoms with Crippen LogP contribution in [0.1, 0.15) is 17.0 Å². The maximum atomic E-state index is 12.8. The summed E-state index contributed by atoms with van der Waals surface area (Å²) >= 11 is 0. The molecule has 0 unspecified atom stereocenters. The van der Waals surface area contributed by atoms with Crippen molar-refractivity contribution >= 4 is 15.7 Å². The van der Waals surface area contributed by atoms with Crippen LogP contribution in [0.15, 0.2) is 29.2 Å². The first-order valence-corrected chi connectivity index (χ1v) is 7.58. The Labute approximate surface area is 124 Å². The van der Waals surface area contributed by atoms with E-state index < -0.39 is 10.0 Å². The summed E-state index contributed by atoms with van der Waals surface area (Å²) in [6.45, 7) is 3.93. The average Bonchev–Trinajstić information content (AvgIpc) is 2.93. The molecule has 0 amide bonds. The van der Waals surface area contributed by atoms with E-state index in [1.807, 2.05) is 24.3 Å². The molecular weight excluding hydrogens is 298 g/mol. The third-order valence-electron chi connectivity index (χ3n) is 3.45. The van der Waals surface area contributed by atoms with E-state index in [-0.39, 0.29) is 12.4 Å². The van der Waals surface area contributed by atoms with Gasteiger partial charge in [0, 0.05) is 6.54 Å². The molecule has 2 aromatic rings. The molecule has 0 bridgehead atoms. The monoisotopic (exact) mass is 312 g/mol. The summed E-state index contributed by atoms with van der Waals surface area (Å²) in [5, 5.41) is 6.71.